The zero-order valence-corrected chi connectivity index (χ0v) is 13.0. The van der Waals surface area contributed by atoms with Gasteiger partial charge in [0.25, 0.3) is 0 Å². The van der Waals surface area contributed by atoms with Crippen LogP contribution in [-0.2, 0) is 14.3 Å². The van der Waals surface area contributed by atoms with E-state index in [1.807, 2.05) is 11.4 Å². The molecule has 5 nitrogen and oxygen atoms in total. The molecular formula is C15H20NO4S+. The highest BCUT2D eigenvalue weighted by Crippen LogP contribution is 2.51. The average Bonchev–Trinajstić information content (AvgIpc) is 2.98. The van der Waals surface area contributed by atoms with Crippen LogP contribution in [-0.4, -0.2) is 60.0 Å². The minimum absolute atomic E-state index is 0.0929. The lowest BCUT2D eigenvalue weighted by molar-refractivity contribution is -0.938. The quantitative estimate of drug-likeness (QED) is 0.516. The predicted octanol–water partition coefficient (Wildman–Crippen LogP) is 1.08. The third-order valence-corrected chi connectivity index (χ3v) is 6.28. The number of morpholine rings is 1. The molecule has 0 aliphatic carbocycles. The van der Waals surface area contributed by atoms with Crippen LogP contribution in [0.25, 0.3) is 0 Å². The highest BCUT2D eigenvalue weighted by molar-refractivity contribution is 7.10. The average molecular weight is 310 g/mol. The van der Waals surface area contributed by atoms with E-state index in [-0.39, 0.29) is 6.10 Å². The van der Waals surface area contributed by atoms with Gasteiger partial charge in [0.1, 0.15) is 30.4 Å². The maximum absolute atomic E-state index is 12.1. The highest BCUT2D eigenvalue weighted by atomic mass is 32.1. The molecule has 0 saturated carbocycles. The minimum Gasteiger partial charge on any atom is -0.460 e. The lowest BCUT2D eigenvalue weighted by atomic mass is 9.96. The van der Waals surface area contributed by atoms with Crippen LogP contribution >= 0.6 is 11.3 Å². The maximum Gasteiger partial charge on any atom is 0.340 e. The normalized spacial score (nSPS) is 40.4. The maximum atomic E-state index is 12.1. The molecular weight excluding hydrogens is 290 g/mol. The smallest absolute Gasteiger partial charge is 0.340 e. The summed E-state index contributed by atoms with van der Waals surface area (Å²) in [4.78, 5) is 12.7. The number of likely N-dealkylation sites (N-methyl/N-ethyl adjacent to an activating group) is 1. The fourth-order valence-electron chi connectivity index (χ4n) is 4.09. The molecule has 1 N–H and O–H groups in total. The van der Waals surface area contributed by atoms with Crippen LogP contribution in [0, 0.1) is 0 Å². The highest BCUT2D eigenvalue weighted by Gasteiger charge is 2.70. The molecule has 6 atom stereocenters. The monoisotopic (exact) mass is 310 g/mol. The third-order valence-electron chi connectivity index (χ3n) is 5.36. The minimum atomic E-state index is -1.15. The number of fused-ring (bicyclic) bond motifs is 5. The second-order valence-electron chi connectivity index (χ2n) is 6.78. The van der Waals surface area contributed by atoms with Crippen molar-refractivity contribution in [3.63, 3.8) is 0 Å². The summed E-state index contributed by atoms with van der Waals surface area (Å²) < 4.78 is 12.3. The van der Waals surface area contributed by atoms with E-state index in [1.165, 1.54) is 11.3 Å². The van der Waals surface area contributed by atoms with Crippen molar-refractivity contribution in [2.75, 3.05) is 14.1 Å². The molecule has 3 aliphatic heterocycles. The van der Waals surface area contributed by atoms with E-state index in [0.717, 1.165) is 17.3 Å². The Morgan fingerprint density at radius 1 is 1.43 bits per heavy atom. The van der Waals surface area contributed by atoms with Gasteiger partial charge in [0.05, 0.1) is 14.1 Å². The fourth-order valence-corrected chi connectivity index (χ4v) is 4.79. The molecule has 1 aromatic rings. The van der Waals surface area contributed by atoms with Crippen molar-refractivity contribution in [2.45, 2.75) is 49.3 Å². The summed E-state index contributed by atoms with van der Waals surface area (Å²) in [6, 6.07) is 4.39. The number of carbonyl (C=O) groups is 1. The Hall–Kier alpha value is -0.950. The van der Waals surface area contributed by atoms with Gasteiger partial charge in [0, 0.05) is 17.7 Å². The molecule has 4 rings (SSSR count). The van der Waals surface area contributed by atoms with Gasteiger partial charge in [-0.15, -0.1) is 11.3 Å². The van der Waals surface area contributed by atoms with Crippen molar-refractivity contribution >= 4 is 17.3 Å². The van der Waals surface area contributed by atoms with E-state index in [2.05, 4.69) is 14.1 Å². The Kier molecular flexibility index (Phi) is 2.95. The number of epoxide rings is 1. The van der Waals surface area contributed by atoms with Gasteiger partial charge in [0.15, 0.2) is 6.10 Å². The van der Waals surface area contributed by atoms with Crippen molar-refractivity contribution in [2.24, 2.45) is 0 Å². The van der Waals surface area contributed by atoms with Gasteiger partial charge in [-0.25, -0.2) is 4.79 Å². The van der Waals surface area contributed by atoms with Gasteiger partial charge in [-0.05, 0) is 11.4 Å². The molecule has 2 unspecified atom stereocenters. The zero-order valence-electron chi connectivity index (χ0n) is 12.1. The fraction of sp³-hybridized carbons (Fsp3) is 0.667. The molecule has 2 bridgehead atoms. The van der Waals surface area contributed by atoms with Crippen molar-refractivity contribution in [3.05, 3.63) is 22.4 Å². The Balaban J connectivity index is 1.42. The van der Waals surface area contributed by atoms with Gasteiger partial charge >= 0.3 is 5.97 Å². The first-order chi connectivity index (χ1) is 9.98. The third kappa shape index (κ3) is 2.04. The molecule has 1 aromatic heterocycles. The SMILES string of the molecule is C[N+]1(C)[C@@H]2CC(OC(=O)C(O)c3cccs3)C[C@H]1[C@@H]1O[C@@H]12. The molecule has 3 aliphatic rings. The largest absolute Gasteiger partial charge is 0.460 e. The van der Waals surface area contributed by atoms with Crippen molar-refractivity contribution in [3.8, 4) is 0 Å². The van der Waals surface area contributed by atoms with Crippen molar-refractivity contribution in [1.29, 1.82) is 0 Å². The van der Waals surface area contributed by atoms with Gasteiger partial charge in [-0.3, -0.25) is 0 Å². The van der Waals surface area contributed by atoms with Crippen LogP contribution in [0.3, 0.4) is 0 Å². The molecule has 0 radical (unpaired) electrons. The van der Waals surface area contributed by atoms with Crippen LogP contribution in [0.5, 0.6) is 0 Å². The number of piperidine rings is 1. The molecule has 0 aromatic carbocycles. The lowest BCUT2D eigenvalue weighted by Crippen LogP contribution is -2.60. The summed E-state index contributed by atoms with van der Waals surface area (Å²) >= 11 is 1.37. The second kappa shape index (κ2) is 4.52. The molecule has 0 amide bonds. The molecule has 3 fully saturated rings. The van der Waals surface area contributed by atoms with Crippen LogP contribution < -0.4 is 0 Å². The van der Waals surface area contributed by atoms with Crippen LogP contribution in [0.15, 0.2) is 17.5 Å². The van der Waals surface area contributed by atoms with E-state index in [0.29, 0.717) is 29.2 Å². The summed E-state index contributed by atoms with van der Waals surface area (Å²) in [6.07, 6.45) is 1.09. The van der Waals surface area contributed by atoms with Gasteiger partial charge in [-0.1, -0.05) is 6.07 Å². The lowest BCUT2D eigenvalue weighted by Gasteiger charge is -2.45. The summed E-state index contributed by atoms with van der Waals surface area (Å²) in [5, 5.41) is 11.9. The topological polar surface area (TPSA) is 59.1 Å². The van der Waals surface area contributed by atoms with Gasteiger partial charge < -0.3 is 19.1 Å². The first-order valence-corrected chi connectivity index (χ1v) is 8.27. The standard InChI is InChI=1S/C15H20NO4S/c1-16(2)9-6-8(7-10(16)14-13(9)20-14)19-15(18)12(17)11-4-3-5-21-11/h3-5,8-10,12-14,17H,6-7H2,1-2H3/q+1/t8?,9-,10+,12?,13-,14+. The summed E-state index contributed by atoms with van der Waals surface area (Å²) in [5.74, 6) is -0.524. The number of esters is 1. The van der Waals surface area contributed by atoms with Crippen LogP contribution in [0.4, 0.5) is 0 Å². The van der Waals surface area contributed by atoms with E-state index in [9.17, 15) is 9.90 Å². The molecule has 21 heavy (non-hydrogen) atoms. The number of aliphatic hydroxyl groups is 1. The Morgan fingerprint density at radius 3 is 2.67 bits per heavy atom. The summed E-state index contributed by atoms with van der Waals surface area (Å²) in [5.41, 5.74) is 0. The Labute approximate surface area is 127 Å². The number of rotatable bonds is 3. The number of ether oxygens (including phenoxy) is 2. The van der Waals surface area contributed by atoms with Crippen molar-refractivity contribution < 1.29 is 23.9 Å². The van der Waals surface area contributed by atoms with E-state index >= 15 is 0 Å². The van der Waals surface area contributed by atoms with E-state index in [4.69, 9.17) is 9.47 Å². The zero-order chi connectivity index (χ0) is 14.8. The van der Waals surface area contributed by atoms with Gasteiger partial charge in [-0.2, -0.15) is 0 Å². The van der Waals surface area contributed by atoms with Crippen molar-refractivity contribution in [1.82, 2.24) is 0 Å². The first-order valence-electron chi connectivity index (χ1n) is 7.39. The second-order valence-corrected chi connectivity index (χ2v) is 7.76. The summed E-state index contributed by atoms with van der Waals surface area (Å²) in [6.45, 7) is 0. The molecule has 114 valence electrons. The molecule has 0 spiro atoms. The molecule has 3 saturated heterocycles. The number of thiophene rings is 1. The Morgan fingerprint density at radius 2 is 2.10 bits per heavy atom. The molecule has 6 heteroatoms. The van der Waals surface area contributed by atoms with E-state index < -0.39 is 12.1 Å². The first kappa shape index (κ1) is 13.7. The number of nitrogens with zero attached hydrogens (tertiary/aromatic N) is 1. The number of quaternary nitrogens is 1. The van der Waals surface area contributed by atoms with Crippen LogP contribution in [0.2, 0.25) is 0 Å². The predicted molar refractivity (Wildman–Crippen MR) is 76.7 cm³/mol. The number of hydrogen-bond acceptors (Lipinski definition) is 5. The number of aliphatic hydroxyl groups excluding tert-OH is 1. The summed E-state index contributed by atoms with van der Waals surface area (Å²) in [7, 11) is 4.48. The van der Waals surface area contributed by atoms with Gasteiger partial charge in [0.2, 0.25) is 0 Å². The Bertz CT molecular complexity index is 538. The van der Waals surface area contributed by atoms with Crippen LogP contribution in [0.1, 0.15) is 23.8 Å². The number of hydrogen-bond donors (Lipinski definition) is 1. The number of carbonyl (C=O) groups excluding carboxylic acids is 1. The van der Waals surface area contributed by atoms with E-state index in [1.54, 1.807) is 6.07 Å². The molecule has 4 heterocycles.